The van der Waals surface area contributed by atoms with Crippen molar-refractivity contribution in [3.63, 3.8) is 0 Å². The van der Waals surface area contributed by atoms with Gasteiger partial charge in [-0.15, -0.1) is 0 Å². The molecule has 1 fully saturated rings. The molecule has 0 saturated heterocycles. The van der Waals surface area contributed by atoms with Crippen LogP contribution in [0.3, 0.4) is 0 Å². The Morgan fingerprint density at radius 2 is 2.03 bits per heavy atom. The Kier molecular flexibility index (Phi) is 4.67. The molecule has 3 aromatic rings. The van der Waals surface area contributed by atoms with Crippen molar-refractivity contribution in [3.05, 3.63) is 65.0 Å². The molecule has 3 heterocycles. The van der Waals surface area contributed by atoms with Crippen LogP contribution in [0.5, 0.6) is 0 Å². The van der Waals surface area contributed by atoms with Gasteiger partial charge < -0.3 is 25.2 Å². The van der Waals surface area contributed by atoms with Crippen LogP contribution >= 0.6 is 0 Å². The molecular weight excluding hydrogens is 366 g/mol. The summed E-state index contributed by atoms with van der Waals surface area (Å²) < 4.78 is 1.95. The highest BCUT2D eigenvalue weighted by Crippen LogP contribution is 2.44. The Hall–Kier alpha value is -2.25. The Balaban J connectivity index is 1.48. The third-order valence-electron chi connectivity index (χ3n) is 6.79. The first-order valence-electron chi connectivity index (χ1n) is 10.3. The molecule has 0 amide bonds. The highest BCUT2D eigenvalue weighted by Gasteiger charge is 2.46. The lowest BCUT2D eigenvalue weighted by molar-refractivity contribution is -0.0267. The second-order valence-corrected chi connectivity index (χ2v) is 8.39. The third kappa shape index (κ3) is 2.99. The largest absolute Gasteiger partial charge is 0.390 e. The van der Waals surface area contributed by atoms with E-state index in [4.69, 9.17) is 0 Å². The van der Waals surface area contributed by atoms with E-state index in [1.165, 1.54) is 5.56 Å². The normalized spacial score (nSPS) is 27.9. The number of aliphatic hydroxyl groups is 3. The van der Waals surface area contributed by atoms with Crippen molar-refractivity contribution in [1.82, 2.24) is 14.9 Å². The van der Waals surface area contributed by atoms with E-state index < -0.39 is 24.2 Å². The van der Waals surface area contributed by atoms with Gasteiger partial charge in [-0.3, -0.25) is 0 Å². The molecule has 0 spiro atoms. The lowest BCUT2D eigenvalue weighted by atomic mass is 9.86. The van der Waals surface area contributed by atoms with Gasteiger partial charge in [0.1, 0.15) is 11.8 Å². The van der Waals surface area contributed by atoms with Gasteiger partial charge >= 0.3 is 0 Å². The number of benzene rings is 1. The standard InChI is InChI=1S/C23H27N3O3/c1-13-5-9-25-23-15(13)7-10-26(23)19-11-17(21(28)22(19)29)20(27)16-4-2-3-14-6-8-24-12-18(14)16/h2-5,7,9-10,17,19-22,24,27-29H,6,8,11-12H2,1H3/t17-,19-,20-,21-,22+/m1/s1. The molecule has 1 aliphatic heterocycles. The number of fused-ring (bicyclic) bond motifs is 2. The summed E-state index contributed by atoms with van der Waals surface area (Å²) in [6.07, 6.45) is 2.34. The summed E-state index contributed by atoms with van der Waals surface area (Å²) in [5.41, 5.74) is 5.17. The first kappa shape index (κ1) is 18.8. The Labute approximate surface area is 169 Å². The summed E-state index contributed by atoms with van der Waals surface area (Å²) in [5.74, 6) is -0.439. The van der Waals surface area contributed by atoms with Gasteiger partial charge in [-0.1, -0.05) is 18.2 Å². The molecular formula is C23H27N3O3. The number of nitrogens with one attached hydrogen (secondary N) is 1. The molecule has 0 radical (unpaired) electrons. The molecule has 6 nitrogen and oxygen atoms in total. The number of aliphatic hydroxyl groups excluding tert-OH is 3. The van der Waals surface area contributed by atoms with Crippen molar-refractivity contribution < 1.29 is 15.3 Å². The Morgan fingerprint density at radius 3 is 2.90 bits per heavy atom. The van der Waals surface area contributed by atoms with Crippen molar-refractivity contribution in [1.29, 1.82) is 0 Å². The van der Waals surface area contributed by atoms with Crippen molar-refractivity contribution in [2.75, 3.05) is 6.54 Å². The van der Waals surface area contributed by atoms with Crippen LogP contribution in [0.4, 0.5) is 0 Å². The summed E-state index contributed by atoms with van der Waals surface area (Å²) in [5, 5.41) is 37.3. The zero-order chi connectivity index (χ0) is 20.1. The van der Waals surface area contributed by atoms with Crippen molar-refractivity contribution in [2.24, 2.45) is 5.92 Å². The SMILES string of the molecule is Cc1ccnc2c1ccn2[C@@H]1C[C@H]([C@H](O)c2cccc3c2CNCC3)[C@@H](O)[C@H]1O. The fraction of sp³-hybridized carbons (Fsp3) is 0.435. The minimum atomic E-state index is -0.996. The first-order chi connectivity index (χ1) is 14.1. The molecule has 6 heteroatoms. The van der Waals surface area contributed by atoms with E-state index >= 15 is 0 Å². The molecule has 0 bridgehead atoms. The number of aromatic nitrogens is 2. The van der Waals surface area contributed by atoms with E-state index in [0.717, 1.165) is 47.2 Å². The van der Waals surface area contributed by atoms with Crippen molar-refractivity contribution in [3.8, 4) is 0 Å². The molecule has 5 rings (SSSR count). The van der Waals surface area contributed by atoms with Gasteiger partial charge in [-0.2, -0.15) is 0 Å². The van der Waals surface area contributed by atoms with E-state index in [2.05, 4.69) is 16.4 Å². The first-order valence-corrected chi connectivity index (χ1v) is 10.3. The van der Waals surface area contributed by atoms with Crippen LogP contribution in [0.15, 0.2) is 42.7 Å². The summed E-state index contributed by atoms with van der Waals surface area (Å²) in [6.45, 7) is 3.70. The van der Waals surface area contributed by atoms with E-state index in [1.807, 2.05) is 42.0 Å². The predicted molar refractivity (Wildman–Crippen MR) is 110 cm³/mol. The maximum Gasteiger partial charge on any atom is 0.140 e. The fourth-order valence-electron chi connectivity index (χ4n) is 5.14. The number of hydrogen-bond acceptors (Lipinski definition) is 5. The Morgan fingerprint density at radius 1 is 1.17 bits per heavy atom. The van der Waals surface area contributed by atoms with Crippen LogP contribution in [0.1, 0.15) is 40.8 Å². The zero-order valence-electron chi connectivity index (χ0n) is 16.5. The summed E-state index contributed by atoms with van der Waals surface area (Å²) in [4.78, 5) is 4.49. The molecule has 29 heavy (non-hydrogen) atoms. The molecule has 1 saturated carbocycles. The lowest BCUT2D eigenvalue weighted by Gasteiger charge is -2.27. The van der Waals surface area contributed by atoms with Crippen LogP contribution < -0.4 is 5.32 Å². The summed E-state index contributed by atoms with van der Waals surface area (Å²) in [7, 11) is 0. The molecule has 2 aliphatic rings. The van der Waals surface area contributed by atoms with Crippen LogP contribution in [0, 0.1) is 12.8 Å². The number of aryl methyl sites for hydroxylation is 1. The van der Waals surface area contributed by atoms with Gasteiger partial charge in [0.15, 0.2) is 0 Å². The van der Waals surface area contributed by atoms with Crippen molar-refractivity contribution in [2.45, 2.75) is 50.7 Å². The number of nitrogens with zero attached hydrogens (tertiary/aromatic N) is 2. The lowest BCUT2D eigenvalue weighted by Crippen LogP contribution is -2.32. The zero-order valence-corrected chi connectivity index (χ0v) is 16.5. The van der Waals surface area contributed by atoms with E-state index in [0.29, 0.717) is 6.42 Å². The molecule has 1 aromatic carbocycles. The monoisotopic (exact) mass is 393 g/mol. The number of pyridine rings is 1. The van der Waals surface area contributed by atoms with Gasteiger partial charge in [-0.05, 0) is 60.7 Å². The maximum absolute atomic E-state index is 11.2. The van der Waals surface area contributed by atoms with Gasteiger partial charge in [-0.25, -0.2) is 4.98 Å². The number of rotatable bonds is 3. The van der Waals surface area contributed by atoms with Gasteiger partial charge in [0, 0.05) is 30.2 Å². The third-order valence-corrected chi connectivity index (χ3v) is 6.79. The van der Waals surface area contributed by atoms with Crippen LogP contribution in [0.2, 0.25) is 0 Å². The van der Waals surface area contributed by atoms with Gasteiger partial charge in [0.05, 0.1) is 18.2 Å². The molecule has 5 atom stereocenters. The van der Waals surface area contributed by atoms with Crippen LogP contribution in [-0.2, 0) is 13.0 Å². The highest BCUT2D eigenvalue weighted by atomic mass is 16.3. The second kappa shape index (κ2) is 7.22. The quantitative estimate of drug-likeness (QED) is 0.547. The molecule has 1 aliphatic carbocycles. The second-order valence-electron chi connectivity index (χ2n) is 8.39. The molecule has 152 valence electrons. The smallest absolute Gasteiger partial charge is 0.140 e. The Bertz CT molecular complexity index is 1050. The fourth-order valence-corrected chi connectivity index (χ4v) is 5.14. The number of hydrogen-bond donors (Lipinski definition) is 4. The van der Waals surface area contributed by atoms with Crippen LogP contribution in [-0.4, -0.2) is 43.6 Å². The minimum Gasteiger partial charge on any atom is -0.390 e. The van der Waals surface area contributed by atoms with Crippen LogP contribution in [0.25, 0.3) is 11.0 Å². The highest BCUT2D eigenvalue weighted by molar-refractivity contribution is 5.79. The topological polar surface area (TPSA) is 90.5 Å². The van der Waals surface area contributed by atoms with Gasteiger partial charge in [0.2, 0.25) is 0 Å². The average molecular weight is 393 g/mol. The molecule has 0 unspecified atom stereocenters. The van der Waals surface area contributed by atoms with E-state index in [1.54, 1.807) is 6.20 Å². The summed E-state index contributed by atoms with van der Waals surface area (Å²) in [6, 6.07) is 9.66. The average Bonchev–Trinajstić information content (AvgIpc) is 3.29. The minimum absolute atomic E-state index is 0.325. The predicted octanol–water partition coefficient (Wildman–Crippen LogP) is 2.01. The molecule has 4 N–H and O–H groups in total. The summed E-state index contributed by atoms with van der Waals surface area (Å²) >= 11 is 0. The van der Waals surface area contributed by atoms with Gasteiger partial charge in [0.25, 0.3) is 0 Å². The maximum atomic E-state index is 11.2. The molecule has 2 aromatic heterocycles. The van der Waals surface area contributed by atoms with Crippen molar-refractivity contribution >= 4 is 11.0 Å². The van der Waals surface area contributed by atoms with E-state index in [9.17, 15) is 15.3 Å². The van der Waals surface area contributed by atoms with E-state index in [-0.39, 0.29) is 6.04 Å².